The largest absolute Gasteiger partial charge is 0.493 e. The predicted molar refractivity (Wildman–Crippen MR) is 102 cm³/mol. The molecule has 1 aromatic carbocycles. The summed E-state index contributed by atoms with van der Waals surface area (Å²) < 4.78 is 10.9. The summed E-state index contributed by atoms with van der Waals surface area (Å²) in [6.07, 6.45) is 4.64. The average Bonchev–Trinajstić information content (AvgIpc) is 2.57. The van der Waals surface area contributed by atoms with E-state index in [1.165, 1.54) is 0 Å². The molecule has 25 heavy (non-hydrogen) atoms. The minimum absolute atomic E-state index is 0. The number of hydrogen-bond donors (Lipinski definition) is 2. The van der Waals surface area contributed by atoms with E-state index in [1.807, 2.05) is 25.1 Å². The standard InChI is InChI=1S/C19H30N2O3.ClH/c1-14-7-8-16(18(11-14)24-10-4-9-23-2)13-21-19(22)15-5-3-6-17(20)12-15;/h7-8,11,15,17H,3-6,9-10,12-13,20H2,1-2H3,(H,21,22);1H. The van der Waals surface area contributed by atoms with Crippen LogP contribution in [0.15, 0.2) is 18.2 Å². The molecular formula is C19H31ClN2O3. The first-order valence-corrected chi connectivity index (χ1v) is 8.84. The molecule has 0 radical (unpaired) electrons. The van der Waals surface area contributed by atoms with Crippen molar-refractivity contribution in [2.45, 2.75) is 51.6 Å². The Hall–Kier alpha value is -1.30. The molecule has 1 fully saturated rings. The zero-order valence-corrected chi connectivity index (χ0v) is 16.1. The number of benzene rings is 1. The van der Waals surface area contributed by atoms with E-state index >= 15 is 0 Å². The molecular weight excluding hydrogens is 340 g/mol. The Morgan fingerprint density at radius 3 is 2.84 bits per heavy atom. The van der Waals surface area contributed by atoms with E-state index < -0.39 is 0 Å². The maximum Gasteiger partial charge on any atom is 0.223 e. The van der Waals surface area contributed by atoms with Crippen LogP contribution in [0.2, 0.25) is 0 Å². The number of carbonyl (C=O) groups is 1. The van der Waals surface area contributed by atoms with Gasteiger partial charge in [-0.1, -0.05) is 18.6 Å². The fourth-order valence-corrected chi connectivity index (χ4v) is 3.12. The number of aryl methyl sites for hydroxylation is 1. The topological polar surface area (TPSA) is 73.6 Å². The van der Waals surface area contributed by atoms with Gasteiger partial charge in [-0.2, -0.15) is 0 Å². The van der Waals surface area contributed by atoms with Gasteiger partial charge in [0.15, 0.2) is 0 Å². The van der Waals surface area contributed by atoms with Gasteiger partial charge in [0.1, 0.15) is 5.75 Å². The number of ether oxygens (including phenoxy) is 2. The number of carbonyl (C=O) groups excluding carboxylic acids is 1. The molecule has 1 saturated carbocycles. The summed E-state index contributed by atoms with van der Waals surface area (Å²) >= 11 is 0. The molecule has 2 unspecified atom stereocenters. The number of nitrogens with two attached hydrogens (primary N) is 1. The van der Waals surface area contributed by atoms with E-state index in [0.717, 1.165) is 49.0 Å². The Bertz CT molecular complexity index is 539. The normalized spacial score (nSPS) is 19.8. The van der Waals surface area contributed by atoms with Gasteiger partial charge < -0.3 is 20.5 Å². The third-order valence-corrected chi connectivity index (χ3v) is 4.51. The number of nitrogens with one attached hydrogen (secondary N) is 1. The summed E-state index contributed by atoms with van der Waals surface area (Å²) in [7, 11) is 1.69. The number of methoxy groups -OCH3 is 1. The zero-order valence-electron chi connectivity index (χ0n) is 15.3. The van der Waals surface area contributed by atoms with Crippen LogP contribution in [0, 0.1) is 12.8 Å². The van der Waals surface area contributed by atoms with Crippen LogP contribution < -0.4 is 15.8 Å². The highest BCUT2D eigenvalue weighted by Crippen LogP contribution is 2.24. The number of halogens is 1. The highest BCUT2D eigenvalue weighted by molar-refractivity contribution is 5.85. The third kappa shape index (κ3) is 7.22. The van der Waals surface area contributed by atoms with E-state index in [0.29, 0.717) is 19.8 Å². The van der Waals surface area contributed by atoms with Crippen molar-refractivity contribution < 1.29 is 14.3 Å². The van der Waals surface area contributed by atoms with Crippen molar-refractivity contribution in [3.63, 3.8) is 0 Å². The lowest BCUT2D eigenvalue weighted by Crippen LogP contribution is -2.37. The second kappa shape index (κ2) is 11.3. The Kier molecular flexibility index (Phi) is 9.86. The van der Waals surface area contributed by atoms with Gasteiger partial charge in [-0.25, -0.2) is 0 Å². The Morgan fingerprint density at radius 1 is 1.32 bits per heavy atom. The maximum absolute atomic E-state index is 12.4. The molecule has 1 amide bonds. The van der Waals surface area contributed by atoms with E-state index in [9.17, 15) is 4.79 Å². The SMILES string of the molecule is COCCCOc1cc(C)ccc1CNC(=O)C1CCCC(N)C1.Cl. The van der Waals surface area contributed by atoms with Gasteiger partial charge >= 0.3 is 0 Å². The van der Waals surface area contributed by atoms with Crippen LogP contribution in [0.5, 0.6) is 5.75 Å². The lowest BCUT2D eigenvalue weighted by molar-refractivity contribution is -0.126. The van der Waals surface area contributed by atoms with Crippen molar-refractivity contribution >= 4 is 18.3 Å². The monoisotopic (exact) mass is 370 g/mol. The first-order chi connectivity index (χ1) is 11.6. The quantitative estimate of drug-likeness (QED) is 0.690. The van der Waals surface area contributed by atoms with Crippen LogP contribution in [0.1, 0.15) is 43.2 Å². The third-order valence-electron chi connectivity index (χ3n) is 4.51. The van der Waals surface area contributed by atoms with Gasteiger partial charge in [-0.05, 0) is 37.8 Å². The molecule has 2 rings (SSSR count). The predicted octanol–water partition coefficient (Wildman–Crippen LogP) is 2.97. The highest BCUT2D eigenvalue weighted by Gasteiger charge is 2.25. The van der Waals surface area contributed by atoms with Crippen molar-refractivity contribution in [3.05, 3.63) is 29.3 Å². The van der Waals surface area contributed by atoms with Crippen LogP contribution in [0.25, 0.3) is 0 Å². The number of hydrogen-bond acceptors (Lipinski definition) is 4. The van der Waals surface area contributed by atoms with Crippen molar-refractivity contribution in [1.82, 2.24) is 5.32 Å². The Morgan fingerprint density at radius 2 is 2.12 bits per heavy atom. The maximum atomic E-state index is 12.4. The van der Waals surface area contributed by atoms with Gasteiger partial charge in [0, 0.05) is 44.2 Å². The van der Waals surface area contributed by atoms with Crippen LogP contribution in [-0.4, -0.2) is 32.3 Å². The highest BCUT2D eigenvalue weighted by atomic mass is 35.5. The fourth-order valence-electron chi connectivity index (χ4n) is 3.12. The smallest absolute Gasteiger partial charge is 0.223 e. The van der Waals surface area contributed by atoms with Gasteiger partial charge in [-0.15, -0.1) is 12.4 Å². The van der Waals surface area contributed by atoms with Crippen molar-refractivity contribution in [2.75, 3.05) is 20.3 Å². The van der Waals surface area contributed by atoms with Crippen LogP contribution in [0.3, 0.4) is 0 Å². The van der Waals surface area contributed by atoms with E-state index in [-0.39, 0.29) is 30.3 Å². The summed E-state index contributed by atoms with van der Waals surface area (Å²) in [6.45, 7) is 3.81. The van der Waals surface area contributed by atoms with Gasteiger partial charge in [-0.3, -0.25) is 4.79 Å². The molecule has 0 saturated heterocycles. The summed E-state index contributed by atoms with van der Waals surface area (Å²) in [5.41, 5.74) is 8.13. The van der Waals surface area contributed by atoms with E-state index in [2.05, 4.69) is 5.32 Å². The first-order valence-electron chi connectivity index (χ1n) is 8.84. The van der Waals surface area contributed by atoms with Crippen molar-refractivity contribution in [3.8, 4) is 5.75 Å². The molecule has 3 N–H and O–H groups in total. The van der Waals surface area contributed by atoms with E-state index in [1.54, 1.807) is 7.11 Å². The molecule has 0 aliphatic heterocycles. The first kappa shape index (κ1) is 21.7. The number of rotatable bonds is 8. The molecule has 2 atom stereocenters. The molecule has 0 bridgehead atoms. The molecule has 142 valence electrons. The lowest BCUT2D eigenvalue weighted by Gasteiger charge is -2.25. The molecule has 1 aliphatic carbocycles. The summed E-state index contributed by atoms with van der Waals surface area (Å²) in [5, 5.41) is 3.05. The fraction of sp³-hybridized carbons (Fsp3) is 0.632. The average molecular weight is 371 g/mol. The van der Waals surface area contributed by atoms with Crippen LogP contribution in [-0.2, 0) is 16.1 Å². The van der Waals surface area contributed by atoms with Gasteiger partial charge in [0.05, 0.1) is 6.61 Å². The van der Waals surface area contributed by atoms with Crippen molar-refractivity contribution in [2.24, 2.45) is 11.7 Å². The minimum Gasteiger partial charge on any atom is -0.493 e. The Labute approximate surface area is 157 Å². The lowest BCUT2D eigenvalue weighted by atomic mass is 9.85. The van der Waals surface area contributed by atoms with Gasteiger partial charge in [0.2, 0.25) is 5.91 Å². The van der Waals surface area contributed by atoms with Crippen LogP contribution in [0.4, 0.5) is 0 Å². The summed E-state index contributed by atoms with van der Waals surface area (Å²) in [4.78, 5) is 12.4. The molecule has 1 aromatic rings. The molecule has 0 heterocycles. The van der Waals surface area contributed by atoms with E-state index in [4.69, 9.17) is 15.2 Å². The molecule has 1 aliphatic rings. The second-order valence-electron chi connectivity index (χ2n) is 6.65. The molecule has 6 heteroatoms. The molecule has 0 spiro atoms. The summed E-state index contributed by atoms with van der Waals surface area (Å²) in [5.74, 6) is 0.994. The van der Waals surface area contributed by atoms with Crippen LogP contribution >= 0.6 is 12.4 Å². The minimum atomic E-state index is 0. The molecule has 0 aromatic heterocycles. The van der Waals surface area contributed by atoms with Crippen molar-refractivity contribution in [1.29, 1.82) is 0 Å². The number of amides is 1. The Balaban J connectivity index is 0.00000312. The van der Waals surface area contributed by atoms with Gasteiger partial charge in [0.25, 0.3) is 0 Å². The zero-order chi connectivity index (χ0) is 17.4. The second-order valence-corrected chi connectivity index (χ2v) is 6.65. The summed E-state index contributed by atoms with van der Waals surface area (Å²) in [6, 6.07) is 6.24. The molecule has 5 nitrogen and oxygen atoms in total.